The van der Waals surface area contributed by atoms with Crippen LogP contribution in [0.5, 0.6) is 0 Å². The zero-order chi connectivity index (χ0) is 33.0. The highest BCUT2D eigenvalue weighted by Gasteiger charge is 2.17. The predicted octanol–water partition coefficient (Wildman–Crippen LogP) is 14.1. The molecule has 232 valence electrons. The van der Waals surface area contributed by atoms with E-state index >= 15 is 0 Å². The molecule has 0 N–H and O–H groups in total. The molecule has 0 saturated carbocycles. The van der Waals surface area contributed by atoms with E-state index in [9.17, 15) is 0 Å². The van der Waals surface area contributed by atoms with E-state index in [2.05, 4.69) is 194 Å². The van der Waals surface area contributed by atoms with Crippen LogP contribution < -0.4 is 0 Å². The first-order valence-electron chi connectivity index (χ1n) is 17.3. The van der Waals surface area contributed by atoms with Gasteiger partial charge in [0, 0.05) is 0 Å². The lowest BCUT2D eigenvalue weighted by atomic mass is 9.85. The summed E-state index contributed by atoms with van der Waals surface area (Å²) in [6, 6.07) is 71.3. The second kappa shape index (κ2) is 11.6. The summed E-state index contributed by atoms with van der Waals surface area (Å²) in [4.78, 5) is 0. The van der Waals surface area contributed by atoms with Gasteiger partial charge in [0.25, 0.3) is 0 Å². The highest BCUT2D eigenvalue weighted by molar-refractivity contribution is 6.25. The molecule has 0 heteroatoms. The Morgan fingerprint density at radius 1 is 0.180 bits per heavy atom. The van der Waals surface area contributed by atoms with Gasteiger partial charge in [-0.15, -0.1) is 0 Å². The summed E-state index contributed by atoms with van der Waals surface area (Å²) in [7, 11) is 0. The maximum atomic E-state index is 2.44. The number of hydrogen-bond acceptors (Lipinski definition) is 0. The molecule has 0 radical (unpaired) electrons. The van der Waals surface area contributed by atoms with Crippen molar-refractivity contribution < 1.29 is 0 Å². The van der Waals surface area contributed by atoms with Crippen molar-refractivity contribution in [1.82, 2.24) is 0 Å². The van der Waals surface area contributed by atoms with Crippen LogP contribution >= 0.6 is 0 Å². The van der Waals surface area contributed by atoms with Gasteiger partial charge >= 0.3 is 0 Å². The van der Waals surface area contributed by atoms with Crippen molar-refractivity contribution in [3.05, 3.63) is 194 Å². The second-order valence-corrected chi connectivity index (χ2v) is 13.2. The van der Waals surface area contributed by atoms with Gasteiger partial charge in [-0.3, -0.25) is 0 Å². The molecule has 0 aliphatic rings. The van der Waals surface area contributed by atoms with Gasteiger partial charge in [-0.05, 0) is 117 Å². The van der Waals surface area contributed by atoms with E-state index in [1.54, 1.807) is 0 Å². The Balaban J connectivity index is 1.17. The van der Waals surface area contributed by atoms with Crippen molar-refractivity contribution in [1.29, 1.82) is 0 Å². The van der Waals surface area contributed by atoms with Crippen molar-refractivity contribution in [2.75, 3.05) is 0 Å². The number of benzene rings is 10. The largest absolute Gasteiger partial charge is 0.0622 e. The van der Waals surface area contributed by atoms with Gasteiger partial charge in [-0.2, -0.15) is 0 Å². The van der Waals surface area contributed by atoms with E-state index in [1.165, 1.54) is 98.4 Å². The van der Waals surface area contributed by atoms with Crippen LogP contribution in [0.25, 0.3) is 98.4 Å². The lowest BCUT2D eigenvalue weighted by molar-refractivity contribution is 1.63. The van der Waals surface area contributed by atoms with Crippen molar-refractivity contribution >= 4 is 53.9 Å². The molecule has 0 aromatic heterocycles. The van der Waals surface area contributed by atoms with Gasteiger partial charge in [-0.25, -0.2) is 0 Å². The molecule has 0 fully saturated rings. The van der Waals surface area contributed by atoms with E-state index < -0.39 is 0 Å². The lowest BCUT2D eigenvalue weighted by Crippen LogP contribution is -1.91. The fourth-order valence-electron chi connectivity index (χ4n) is 8.03. The number of hydrogen-bond donors (Lipinski definition) is 0. The van der Waals surface area contributed by atoms with Crippen LogP contribution in [0.1, 0.15) is 0 Å². The number of fused-ring (bicyclic) bond motifs is 7. The Morgan fingerprint density at radius 3 is 1.30 bits per heavy atom. The Kier molecular flexibility index (Phi) is 6.60. The maximum Gasteiger partial charge on any atom is -0.00923 e. The summed E-state index contributed by atoms with van der Waals surface area (Å²) in [6.07, 6.45) is 0. The molecule has 0 nitrogen and oxygen atoms in total. The molecule has 0 unspecified atom stereocenters. The van der Waals surface area contributed by atoms with Crippen molar-refractivity contribution in [3.8, 4) is 44.5 Å². The van der Waals surface area contributed by atoms with Crippen LogP contribution in [0, 0.1) is 0 Å². The smallest absolute Gasteiger partial charge is 0.00923 e. The molecule has 0 atom stereocenters. The quantitative estimate of drug-likeness (QED) is 0.169. The Bertz CT molecular complexity index is 2900. The normalized spacial score (nSPS) is 11.6. The van der Waals surface area contributed by atoms with Crippen LogP contribution in [0.2, 0.25) is 0 Å². The standard InChI is InChI=1S/C50H32/c1-2-13-35(14-3-1)39-28-29-46(41-17-7-6-16-40(39)41)48-32-50-43-19-9-8-18-42(43)47(31-49(50)45-21-11-10-20-44(45)48)36-25-22-34(23-26-36)38-27-24-33-12-4-5-15-37(33)30-38/h1-32H. The molecule has 0 heterocycles. The molecule has 0 bridgehead atoms. The van der Waals surface area contributed by atoms with Crippen LogP contribution in [-0.2, 0) is 0 Å². The molecule has 0 aliphatic heterocycles. The topological polar surface area (TPSA) is 0 Å². The van der Waals surface area contributed by atoms with E-state index in [4.69, 9.17) is 0 Å². The van der Waals surface area contributed by atoms with Crippen molar-refractivity contribution in [2.24, 2.45) is 0 Å². The van der Waals surface area contributed by atoms with Crippen LogP contribution in [-0.4, -0.2) is 0 Å². The monoisotopic (exact) mass is 632 g/mol. The summed E-state index contributed by atoms with van der Waals surface area (Å²) in [6.45, 7) is 0. The van der Waals surface area contributed by atoms with Crippen LogP contribution in [0.15, 0.2) is 194 Å². The third kappa shape index (κ3) is 4.61. The van der Waals surface area contributed by atoms with Gasteiger partial charge in [0.15, 0.2) is 0 Å². The molecule has 0 saturated heterocycles. The third-order valence-corrected chi connectivity index (χ3v) is 10.5. The van der Waals surface area contributed by atoms with Crippen LogP contribution in [0.4, 0.5) is 0 Å². The van der Waals surface area contributed by atoms with Gasteiger partial charge < -0.3 is 0 Å². The second-order valence-electron chi connectivity index (χ2n) is 13.2. The molecule has 50 heavy (non-hydrogen) atoms. The average Bonchev–Trinajstić information content (AvgIpc) is 3.20. The minimum atomic E-state index is 1.23. The van der Waals surface area contributed by atoms with E-state index in [1.807, 2.05) is 0 Å². The van der Waals surface area contributed by atoms with Crippen LogP contribution in [0.3, 0.4) is 0 Å². The van der Waals surface area contributed by atoms with Gasteiger partial charge in [0.1, 0.15) is 0 Å². The van der Waals surface area contributed by atoms with E-state index in [0.29, 0.717) is 0 Å². The van der Waals surface area contributed by atoms with E-state index in [-0.39, 0.29) is 0 Å². The minimum absolute atomic E-state index is 1.23. The molecular formula is C50H32. The molecule has 0 aliphatic carbocycles. The SMILES string of the molecule is c1ccc(-c2ccc(-c3cc4c5ccccc5c(-c5ccc(-c6ccc7ccccc7c6)cc5)cc4c4ccccc34)c3ccccc23)cc1. The summed E-state index contributed by atoms with van der Waals surface area (Å²) in [5.41, 5.74) is 9.97. The third-order valence-electron chi connectivity index (χ3n) is 10.5. The van der Waals surface area contributed by atoms with Crippen molar-refractivity contribution in [3.63, 3.8) is 0 Å². The average molecular weight is 633 g/mol. The summed E-state index contributed by atoms with van der Waals surface area (Å²) >= 11 is 0. The first kappa shape index (κ1) is 28.5. The summed E-state index contributed by atoms with van der Waals surface area (Å²) in [5, 5.41) is 12.7. The summed E-state index contributed by atoms with van der Waals surface area (Å²) in [5.74, 6) is 0. The Morgan fingerprint density at radius 2 is 0.620 bits per heavy atom. The van der Waals surface area contributed by atoms with Gasteiger partial charge in [-0.1, -0.05) is 176 Å². The zero-order valence-corrected chi connectivity index (χ0v) is 27.5. The molecule has 0 spiro atoms. The fourth-order valence-corrected chi connectivity index (χ4v) is 8.03. The fraction of sp³-hybridized carbons (Fsp3) is 0. The first-order valence-corrected chi connectivity index (χ1v) is 17.3. The first-order chi connectivity index (χ1) is 24.8. The summed E-state index contributed by atoms with van der Waals surface area (Å²) < 4.78 is 0. The van der Waals surface area contributed by atoms with E-state index in [0.717, 1.165) is 0 Å². The molecule has 10 rings (SSSR count). The molecular weight excluding hydrogens is 601 g/mol. The number of rotatable bonds is 4. The Hall–Kier alpha value is -6.50. The molecule has 0 amide bonds. The zero-order valence-electron chi connectivity index (χ0n) is 27.5. The highest BCUT2D eigenvalue weighted by atomic mass is 14.2. The molecule has 10 aromatic rings. The van der Waals surface area contributed by atoms with Gasteiger partial charge in [0.2, 0.25) is 0 Å². The molecule has 10 aromatic carbocycles. The van der Waals surface area contributed by atoms with Crippen molar-refractivity contribution in [2.45, 2.75) is 0 Å². The highest BCUT2D eigenvalue weighted by Crippen LogP contribution is 2.44. The maximum absolute atomic E-state index is 2.44. The minimum Gasteiger partial charge on any atom is -0.0622 e. The lowest BCUT2D eigenvalue weighted by Gasteiger charge is -2.18. The Labute approximate surface area is 291 Å². The predicted molar refractivity (Wildman–Crippen MR) is 216 cm³/mol. The van der Waals surface area contributed by atoms with Gasteiger partial charge in [0.05, 0.1) is 0 Å².